The van der Waals surface area contributed by atoms with Crippen LogP contribution in [-0.2, 0) is 0 Å². The minimum absolute atomic E-state index is 0.284. The summed E-state index contributed by atoms with van der Waals surface area (Å²) in [7, 11) is 0. The van der Waals surface area contributed by atoms with Crippen molar-refractivity contribution in [2.45, 2.75) is 32.5 Å². The number of ether oxygens (including phenoxy) is 2. The van der Waals surface area contributed by atoms with Crippen molar-refractivity contribution in [1.82, 2.24) is 5.32 Å². The van der Waals surface area contributed by atoms with Gasteiger partial charge < -0.3 is 14.8 Å². The molecule has 0 radical (unpaired) electrons. The number of rotatable bonds is 8. The van der Waals surface area contributed by atoms with Crippen molar-refractivity contribution < 1.29 is 22.6 Å². The van der Waals surface area contributed by atoms with Crippen LogP contribution in [0.2, 0.25) is 0 Å². The smallest absolute Gasteiger partial charge is 0.390 e. The molecule has 1 rings (SSSR count). The van der Waals surface area contributed by atoms with Gasteiger partial charge in [0.2, 0.25) is 0 Å². The van der Waals surface area contributed by atoms with Crippen LogP contribution in [-0.4, -0.2) is 32.0 Å². The first kappa shape index (κ1) is 16.6. The highest BCUT2D eigenvalue weighted by Crippen LogP contribution is 2.26. The standard InChI is InChI=1S/C14H20F3NO2/c1-3-19-12-6-4-5-7-13(12)20-9-8-18-11(2)10-14(15,16)17/h4-7,11,18H,3,8-10H2,1-2H3. The Morgan fingerprint density at radius 1 is 1.15 bits per heavy atom. The van der Waals surface area contributed by atoms with E-state index in [0.29, 0.717) is 24.7 Å². The highest BCUT2D eigenvalue weighted by atomic mass is 19.4. The fourth-order valence-corrected chi connectivity index (χ4v) is 1.73. The molecule has 0 spiro atoms. The maximum Gasteiger partial charge on any atom is 0.390 e. The first-order valence-corrected chi connectivity index (χ1v) is 6.57. The van der Waals surface area contributed by atoms with Gasteiger partial charge in [0, 0.05) is 12.6 Å². The van der Waals surface area contributed by atoms with Gasteiger partial charge in [-0.05, 0) is 26.0 Å². The lowest BCUT2D eigenvalue weighted by molar-refractivity contribution is -0.139. The Balaban J connectivity index is 2.31. The van der Waals surface area contributed by atoms with E-state index in [1.807, 2.05) is 19.1 Å². The van der Waals surface area contributed by atoms with E-state index in [4.69, 9.17) is 9.47 Å². The van der Waals surface area contributed by atoms with Crippen LogP contribution in [0.3, 0.4) is 0 Å². The van der Waals surface area contributed by atoms with E-state index in [9.17, 15) is 13.2 Å². The third kappa shape index (κ3) is 6.65. The van der Waals surface area contributed by atoms with E-state index in [-0.39, 0.29) is 6.61 Å². The number of nitrogens with one attached hydrogen (secondary N) is 1. The maximum absolute atomic E-state index is 12.1. The Hall–Kier alpha value is -1.43. The fourth-order valence-electron chi connectivity index (χ4n) is 1.73. The highest BCUT2D eigenvalue weighted by molar-refractivity contribution is 5.39. The molecule has 0 aliphatic carbocycles. The van der Waals surface area contributed by atoms with Crippen molar-refractivity contribution in [1.29, 1.82) is 0 Å². The van der Waals surface area contributed by atoms with Crippen LogP contribution in [0.1, 0.15) is 20.3 Å². The average molecular weight is 291 g/mol. The molecule has 0 saturated carbocycles. The summed E-state index contributed by atoms with van der Waals surface area (Å²) in [5.74, 6) is 1.23. The molecule has 6 heteroatoms. The van der Waals surface area contributed by atoms with Crippen molar-refractivity contribution in [2.75, 3.05) is 19.8 Å². The van der Waals surface area contributed by atoms with Gasteiger partial charge in [-0.1, -0.05) is 12.1 Å². The SMILES string of the molecule is CCOc1ccccc1OCCNC(C)CC(F)(F)F. The van der Waals surface area contributed by atoms with Crippen LogP contribution in [0, 0.1) is 0 Å². The second-order valence-electron chi connectivity index (χ2n) is 4.40. The predicted molar refractivity (Wildman–Crippen MR) is 71.2 cm³/mol. The quantitative estimate of drug-likeness (QED) is 0.745. The second-order valence-corrected chi connectivity index (χ2v) is 4.40. The molecular weight excluding hydrogens is 271 g/mol. The molecule has 0 aromatic heterocycles. The summed E-state index contributed by atoms with van der Waals surface area (Å²) in [6.07, 6.45) is -4.99. The van der Waals surface area contributed by atoms with Crippen molar-refractivity contribution in [3.8, 4) is 11.5 Å². The van der Waals surface area contributed by atoms with Gasteiger partial charge in [0.05, 0.1) is 13.0 Å². The third-order valence-corrected chi connectivity index (χ3v) is 2.54. The zero-order valence-electron chi connectivity index (χ0n) is 11.7. The summed E-state index contributed by atoms with van der Waals surface area (Å²) in [5.41, 5.74) is 0. The second kappa shape index (κ2) is 7.99. The lowest BCUT2D eigenvalue weighted by Crippen LogP contribution is -2.34. The lowest BCUT2D eigenvalue weighted by atomic mass is 10.2. The third-order valence-electron chi connectivity index (χ3n) is 2.54. The van der Waals surface area contributed by atoms with Crippen molar-refractivity contribution in [3.63, 3.8) is 0 Å². The maximum atomic E-state index is 12.1. The molecule has 0 aliphatic heterocycles. The Kier molecular flexibility index (Phi) is 6.64. The molecule has 0 amide bonds. The number of alkyl halides is 3. The molecule has 3 nitrogen and oxygen atoms in total. The zero-order valence-corrected chi connectivity index (χ0v) is 11.7. The van der Waals surface area contributed by atoms with Crippen LogP contribution < -0.4 is 14.8 Å². The molecule has 0 saturated heterocycles. The molecule has 0 aliphatic rings. The van der Waals surface area contributed by atoms with Gasteiger partial charge in [0.1, 0.15) is 6.61 Å². The van der Waals surface area contributed by atoms with Gasteiger partial charge in [-0.25, -0.2) is 0 Å². The molecule has 0 fully saturated rings. The molecule has 1 unspecified atom stereocenters. The zero-order chi connectivity index (χ0) is 15.0. The van der Waals surface area contributed by atoms with Crippen molar-refractivity contribution in [3.05, 3.63) is 24.3 Å². The predicted octanol–water partition coefficient (Wildman–Crippen LogP) is 3.39. The monoisotopic (exact) mass is 291 g/mol. The van der Waals surface area contributed by atoms with E-state index in [0.717, 1.165) is 0 Å². The van der Waals surface area contributed by atoms with Crippen LogP contribution in [0.4, 0.5) is 13.2 Å². The topological polar surface area (TPSA) is 30.5 Å². The lowest BCUT2D eigenvalue weighted by Gasteiger charge is -2.16. The van der Waals surface area contributed by atoms with Gasteiger partial charge in [-0.2, -0.15) is 13.2 Å². The molecule has 0 heterocycles. The van der Waals surface area contributed by atoms with Crippen LogP contribution >= 0.6 is 0 Å². The number of hydrogen-bond acceptors (Lipinski definition) is 3. The fraction of sp³-hybridized carbons (Fsp3) is 0.571. The molecule has 114 valence electrons. The van der Waals surface area contributed by atoms with E-state index in [1.165, 1.54) is 6.92 Å². The van der Waals surface area contributed by atoms with Gasteiger partial charge in [-0.3, -0.25) is 0 Å². The number of halogens is 3. The first-order chi connectivity index (χ1) is 9.42. The Labute approximate surface area is 117 Å². The summed E-state index contributed by atoms with van der Waals surface area (Å²) in [6.45, 7) is 4.53. The summed E-state index contributed by atoms with van der Waals surface area (Å²) in [6, 6.07) is 6.59. The van der Waals surface area contributed by atoms with Gasteiger partial charge in [-0.15, -0.1) is 0 Å². The van der Waals surface area contributed by atoms with Gasteiger partial charge in [0.15, 0.2) is 11.5 Å². The summed E-state index contributed by atoms with van der Waals surface area (Å²) >= 11 is 0. The average Bonchev–Trinajstić information content (AvgIpc) is 2.34. The number of para-hydroxylation sites is 2. The molecule has 0 bridgehead atoms. The number of hydrogen-bond donors (Lipinski definition) is 1. The highest BCUT2D eigenvalue weighted by Gasteiger charge is 2.29. The number of benzene rings is 1. The Morgan fingerprint density at radius 3 is 2.30 bits per heavy atom. The summed E-state index contributed by atoms with van der Waals surface area (Å²) < 4.78 is 47.3. The molecule has 1 aromatic carbocycles. The molecule has 1 aromatic rings. The van der Waals surface area contributed by atoms with Crippen molar-refractivity contribution >= 4 is 0 Å². The largest absolute Gasteiger partial charge is 0.490 e. The van der Waals surface area contributed by atoms with Crippen LogP contribution in [0.25, 0.3) is 0 Å². The van der Waals surface area contributed by atoms with E-state index in [2.05, 4.69) is 5.32 Å². The van der Waals surface area contributed by atoms with E-state index >= 15 is 0 Å². The Morgan fingerprint density at radius 2 is 1.75 bits per heavy atom. The molecule has 1 atom stereocenters. The minimum atomic E-state index is -4.14. The Bertz CT molecular complexity index is 396. The van der Waals surface area contributed by atoms with Gasteiger partial charge >= 0.3 is 6.18 Å². The summed E-state index contributed by atoms with van der Waals surface area (Å²) in [5, 5.41) is 2.78. The summed E-state index contributed by atoms with van der Waals surface area (Å²) in [4.78, 5) is 0. The van der Waals surface area contributed by atoms with Gasteiger partial charge in [0.25, 0.3) is 0 Å². The van der Waals surface area contributed by atoms with Crippen LogP contribution in [0.5, 0.6) is 11.5 Å². The molecular formula is C14H20F3NO2. The molecule has 1 N–H and O–H groups in total. The molecule has 20 heavy (non-hydrogen) atoms. The minimum Gasteiger partial charge on any atom is -0.490 e. The van der Waals surface area contributed by atoms with Crippen molar-refractivity contribution in [2.24, 2.45) is 0 Å². The normalized spacial score (nSPS) is 13.1. The van der Waals surface area contributed by atoms with E-state index in [1.54, 1.807) is 12.1 Å². The van der Waals surface area contributed by atoms with E-state index < -0.39 is 18.6 Å². The first-order valence-electron chi connectivity index (χ1n) is 6.57. The van der Waals surface area contributed by atoms with Crippen LogP contribution in [0.15, 0.2) is 24.3 Å².